The predicted molar refractivity (Wildman–Crippen MR) is 69.5 cm³/mol. The van der Waals surface area contributed by atoms with Gasteiger partial charge in [-0.15, -0.1) is 0 Å². The first-order valence-electron chi connectivity index (χ1n) is 6.15. The fraction of sp³-hybridized carbons (Fsp3) is 0.571. The molecule has 0 fully saturated rings. The normalized spacial score (nSPS) is 14.2. The summed E-state index contributed by atoms with van der Waals surface area (Å²) in [6.45, 7) is 2.92. The lowest BCUT2D eigenvalue weighted by Gasteiger charge is -2.15. The molecular formula is C14H22O4. The maximum Gasteiger partial charge on any atom is 0.118 e. The average molecular weight is 254 g/mol. The minimum absolute atomic E-state index is 0.192. The summed E-state index contributed by atoms with van der Waals surface area (Å²) >= 11 is 0. The molecule has 0 saturated carbocycles. The van der Waals surface area contributed by atoms with Crippen LogP contribution in [-0.4, -0.2) is 36.6 Å². The Balaban J connectivity index is 2.24. The first kappa shape index (κ1) is 15.0. The zero-order valence-corrected chi connectivity index (χ0v) is 11.0. The first-order valence-corrected chi connectivity index (χ1v) is 6.15. The van der Waals surface area contributed by atoms with Crippen LogP contribution in [-0.2, 0) is 11.3 Å². The number of rotatable bonds is 8. The van der Waals surface area contributed by atoms with Crippen molar-refractivity contribution in [1.82, 2.24) is 0 Å². The van der Waals surface area contributed by atoms with Crippen molar-refractivity contribution in [2.24, 2.45) is 5.92 Å². The van der Waals surface area contributed by atoms with Crippen molar-refractivity contribution in [1.29, 1.82) is 0 Å². The van der Waals surface area contributed by atoms with Crippen LogP contribution in [0.4, 0.5) is 0 Å². The minimum atomic E-state index is -0.649. The fourth-order valence-electron chi connectivity index (χ4n) is 1.71. The SMILES string of the molecule is COc1ccc(COC[C@@H](C)C[C@H](O)CO)cc1. The van der Waals surface area contributed by atoms with Crippen LogP contribution in [0.5, 0.6) is 5.75 Å². The molecule has 0 saturated heterocycles. The maximum atomic E-state index is 9.28. The van der Waals surface area contributed by atoms with Gasteiger partial charge in [-0.3, -0.25) is 0 Å². The van der Waals surface area contributed by atoms with Crippen molar-refractivity contribution in [2.45, 2.75) is 26.1 Å². The molecule has 1 aromatic carbocycles. The van der Waals surface area contributed by atoms with Crippen LogP contribution < -0.4 is 4.74 Å². The molecule has 0 radical (unpaired) electrons. The molecule has 0 aliphatic carbocycles. The summed E-state index contributed by atoms with van der Waals surface area (Å²) in [5.41, 5.74) is 1.09. The van der Waals surface area contributed by atoms with Crippen molar-refractivity contribution in [2.75, 3.05) is 20.3 Å². The van der Waals surface area contributed by atoms with E-state index in [1.165, 1.54) is 0 Å². The largest absolute Gasteiger partial charge is 0.497 e. The Kier molecular flexibility index (Phi) is 6.72. The minimum Gasteiger partial charge on any atom is -0.497 e. The van der Waals surface area contributed by atoms with Crippen LogP contribution in [0, 0.1) is 5.92 Å². The highest BCUT2D eigenvalue weighted by Gasteiger charge is 2.09. The van der Waals surface area contributed by atoms with E-state index in [1.807, 2.05) is 31.2 Å². The van der Waals surface area contributed by atoms with Crippen molar-refractivity contribution in [3.05, 3.63) is 29.8 Å². The van der Waals surface area contributed by atoms with Crippen molar-refractivity contribution >= 4 is 0 Å². The van der Waals surface area contributed by atoms with Gasteiger partial charge in [0, 0.05) is 6.61 Å². The Morgan fingerprint density at radius 1 is 1.22 bits per heavy atom. The number of benzene rings is 1. The molecule has 0 amide bonds. The molecule has 0 aliphatic heterocycles. The highest BCUT2D eigenvalue weighted by molar-refractivity contribution is 5.26. The second-order valence-electron chi connectivity index (χ2n) is 4.54. The third-order valence-electron chi connectivity index (χ3n) is 2.72. The Morgan fingerprint density at radius 2 is 1.89 bits per heavy atom. The molecule has 1 rings (SSSR count). The molecular weight excluding hydrogens is 232 g/mol. The van der Waals surface area contributed by atoms with E-state index in [4.69, 9.17) is 14.6 Å². The monoisotopic (exact) mass is 254 g/mol. The molecule has 0 aliphatic rings. The second kappa shape index (κ2) is 8.08. The smallest absolute Gasteiger partial charge is 0.118 e. The van der Waals surface area contributed by atoms with E-state index in [2.05, 4.69) is 0 Å². The van der Waals surface area contributed by atoms with Gasteiger partial charge in [0.2, 0.25) is 0 Å². The van der Waals surface area contributed by atoms with E-state index >= 15 is 0 Å². The van der Waals surface area contributed by atoms with E-state index in [9.17, 15) is 5.11 Å². The van der Waals surface area contributed by atoms with E-state index < -0.39 is 6.10 Å². The van der Waals surface area contributed by atoms with Gasteiger partial charge in [0.15, 0.2) is 0 Å². The molecule has 4 nitrogen and oxygen atoms in total. The summed E-state index contributed by atoms with van der Waals surface area (Å²) in [5.74, 6) is 1.06. The number of hydrogen-bond donors (Lipinski definition) is 2. The summed E-state index contributed by atoms with van der Waals surface area (Å²) in [6, 6.07) is 7.73. The molecule has 0 unspecified atom stereocenters. The molecule has 1 aromatic rings. The van der Waals surface area contributed by atoms with E-state index in [-0.39, 0.29) is 12.5 Å². The fourth-order valence-corrected chi connectivity index (χ4v) is 1.71. The van der Waals surface area contributed by atoms with Crippen LogP contribution >= 0.6 is 0 Å². The molecule has 4 heteroatoms. The van der Waals surface area contributed by atoms with Gasteiger partial charge in [-0.05, 0) is 30.0 Å². The maximum absolute atomic E-state index is 9.28. The lowest BCUT2D eigenvalue weighted by molar-refractivity contribution is 0.0422. The van der Waals surface area contributed by atoms with E-state index in [0.29, 0.717) is 19.6 Å². The van der Waals surface area contributed by atoms with Gasteiger partial charge in [-0.2, -0.15) is 0 Å². The standard InChI is InChI=1S/C14H22O4/c1-11(7-13(16)8-15)9-18-10-12-3-5-14(17-2)6-4-12/h3-6,11,13,15-16H,7-10H2,1-2H3/t11-,13-/m0/s1. The van der Waals surface area contributed by atoms with E-state index in [0.717, 1.165) is 11.3 Å². The quantitative estimate of drug-likeness (QED) is 0.739. The van der Waals surface area contributed by atoms with Gasteiger partial charge in [-0.25, -0.2) is 0 Å². The molecule has 0 spiro atoms. The van der Waals surface area contributed by atoms with Gasteiger partial charge in [0.25, 0.3) is 0 Å². The molecule has 2 N–H and O–H groups in total. The average Bonchev–Trinajstić information content (AvgIpc) is 2.39. The Labute approximate surface area is 108 Å². The zero-order chi connectivity index (χ0) is 13.4. The number of hydrogen-bond acceptors (Lipinski definition) is 4. The number of methoxy groups -OCH3 is 1. The van der Waals surface area contributed by atoms with E-state index in [1.54, 1.807) is 7.11 Å². The highest BCUT2D eigenvalue weighted by Crippen LogP contribution is 2.13. The van der Waals surface area contributed by atoms with Crippen molar-refractivity contribution in [3.63, 3.8) is 0 Å². The Bertz CT molecular complexity index is 323. The molecule has 102 valence electrons. The van der Waals surface area contributed by atoms with Crippen LogP contribution in [0.3, 0.4) is 0 Å². The van der Waals surface area contributed by atoms with Crippen LogP contribution in [0.15, 0.2) is 24.3 Å². The Morgan fingerprint density at radius 3 is 2.44 bits per heavy atom. The third kappa shape index (κ3) is 5.49. The molecule has 0 bridgehead atoms. The molecule has 2 atom stereocenters. The lowest BCUT2D eigenvalue weighted by atomic mass is 10.1. The predicted octanol–water partition coefficient (Wildman–Crippen LogP) is 1.59. The van der Waals surface area contributed by atoms with Gasteiger partial charge < -0.3 is 19.7 Å². The van der Waals surface area contributed by atoms with Crippen molar-refractivity contribution < 1.29 is 19.7 Å². The summed E-state index contributed by atoms with van der Waals surface area (Å²) in [7, 11) is 1.64. The summed E-state index contributed by atoms with van der Waals surface area (Å²) < 4.78 is 10.6. The van der Waals surface area contributed by atoms with Gasteiger partial charge >= 0.3 is 0 Å². The molecule has 0 aromatic heterocycles. The second-order valence-corrected chi connectivity index (χ2v) is 4.54. The lowest BCUT2D eigenvalue weighted by Crippen LogP contribution is -2.18. The molecule has 0 heterocycles. The summed E-state index contributed by atoms with van der Waals surface area (Å²) in [4.78, 5) is 0. The topological polar surface area (TPSA) is 58.9 Å². The van der Waals surface area contributed by atoms with Gasteiger partial charge in [-0.1, -0.05) is 19.1 Å². The van der Waals surface area contributed by atoms with Crippen LogP contribution in [0.2, 0.25) is 0 Å². The summed E-state index contributed by atoms with van der Waals surface area (Å²) in [5, 5.41) is 18.0. The van der Waals surface area contributed by atoms with Crippen molar-refractivity contribution in [3.8, 4) is 5.75 Å². The van der Waals surface area contributed by atoms with Gasteiger partial charge in [0.1, 0.15) is 5.75 Å². The van der Waals surface area contributed by atoms with Crippen LogP contribution in [0.25, 0.3) is 0 Å². The first-order chi connectivity index (χ1) is 8.65. The number of aliphatic hydroxyl groups excluding tert-OH is 2. The highest BCUT2D eigenvalue weighted by atomic mass is 16.5. The molecule has 18 heavy (non-hydrogen) atoms. The summed E-state index contributed by atoms with van der Waals surface area (Å²) in [6.07, 6.45) is -0.0939. The number of aliphatic hydroxyl groups is 2. The number of ether oxygens (including phenoxy) is 2. The van der Waals surface area contributed by atoms with Crippen LogP contribution in [0.1, 0.15) is 18.9 Å². The Hall–Kier alpha value is -1.10. The van der Waals surface area contributed by atoms with Gasteiger partial charge in [0.05, 0.1) is 26.4 Å². The zero-order valence-electron chi connectivity index (χ0n) is 11.0. The third-order valence-corrected chi connectivity index (χ3v) is 2.72.